The van der Waals surface area contributed by atoms with Gasteiger partial charge < -0.3 is 14.4 Å². The summed E-state index contributed by atoms with van der Waals surface area (Å²) in [6.07, 6.45) is 0. The fourth-order valence-corrected chi connectivity index (χ4v) is 4.75. The van der Waals surface area contributed by atoms with Crippen LogP contribution in [0.25, 0.3) is 0 Å². The molecule has 2 aliphatic rings. The van der Waals surface area contributed by atoms with Crippen LogP contribution in [-0.2, 0) is 23.9 Å². The third kappa shape index (κ3) is 2.42. The van der Waals surface area contributed by atoms with Crippen LogP contribution in [0.4, 0.5) is 0 Å². The molecule has 1 amide bonds. The minimum Gasteiger partial charge on any atom is -0.428 e. The number of hydrogen-bond acceptors (Lipinski definition) is 6. The van der Waals surface area contributed by atoms with E-state index in [1.54, 1.807) is 0 Å². The molecule has 0 N–H and O–H groups in total. The van der Waals surface area contributed by atoms with Gasteiger partial charge in [0.25, 0.3) is 5.91 Å². The van der Waals surface area contributed by atoms with E-state index in [1.165, 1.54) is 23.6 Å². The largest absolute Gasteiger partial charge is 0.428 e. The van der Waals surface area contributed by atoms with Gasteiger partial charge in [0.1, 0.15) is 11.4 Å². The fourth-order valence-electron chi connectivity index (χ4n) is 2.21. The Morgan fingerprint density at radius 1 is 1.45 bits per heavy atom. The number of hydrogen-bond donors (Lipinski definition) is 0. The van der Waals surface area contributed by atoms with Crippen molar-refractivity contribution < 1.29 is 23.9 Å². The van der Waals surface area contributed by atoms with Crippen molar-refractivity contribution in [2.24, 2.45) is 0 Å². The number of nitrogens with zero attached hydrogens (tertiary/aromatic N) is 1. The molecule has 0 bridgehead atoms. The molecule has 1 unspecified atom stereocenters. The minimum atomic E-state index is -1.17. The molecule has 2 saturated heterocycles. The summed E-state index contributed by atoms with van der Waals surface area (Å²) in [5.74, 6) is -1.52. The van der Waals surface area contributed by atoms with Crippen LogP contribution in [0.1, 0.15) is 20.8 Å². The van der Waals surface area contributed by atoms with Gasteiger partial charge in [-0.25, -0.2) is 4.79 Å². The number of esters is 2. The van der Waals surface area contributed by atoms with Gasteiger partial charge in [-0.15, -0.1) is 11.8 Å². The van der Waals surface area contributed by atoms with E-state index in [2.05, 4.69) is 20.7 Å². The van der Waals surface area contributed by atoms with Crippen LogP contribution >= 0.6 is 39.3 Å². The molecule has 6 nitrogen and oxygen atoms in total. The Morgan fingerprint density at radius 2 is 2.05 bits per heavy atom. The van der Waals surface area contributed by atoms with Crippen LogP contribution in [0.3, 0.4) is 0 Å². The molecular formula is C11H13BrClNO5S. The van der Waals surface area contributed by atoms with Gasteiger partial charge in [-0.2, -0.15) is 0 Å². The number of carbonyl (C=O) groups excluding carboxylic acids is 3. The quantitative estimate of drug-likeness (QED) is 0.316. The summed E-state index contributed by atoms with van der Waals surface area (Å²) in [6, 6.07) is -0.759. The fraction of sp³-hybridized carbons (Fsp3) is 0.727. The Balaban J connectivity index is 2.09. The maximum absolute atomic E-state index is 12.1. The first-order valence-electron chi connectivity index (χ1n) is 5.77. The minimum absolute atomic E-state index is 0.335. The number of β-lactam (4-membered cyclic amide) rings is 1. The molecule has 2 aliphatic heterocycles. The van der Waals surface area contributed by atoms with E-state index in [0.717, 1.165) is 0 Å². The van der Waals surface area contributed by atoms with E-state index < -0.39 is 33.3 Å². The number of fused-ring (bicyclic) bond motifs is 1. The lowest BCUT2D eigenvalue weighted by atomic mass is 9.98. The maximum atomic E-state index is 12.1. The number of carbonyl (C=O) groups is 3. The molecule has 2 heterocycles. The van der Waals surface area contributed by atoms with Crippen molar-refractivity contribution in [1.29, 1.82) is 0 Å². The van der Waals surface area contributed by atoms with E-state index in [4.69, 9.17) is 16.3 Å². The summed E-state index contributed by atoms with van der Waals surface area (Å²) in [7, 11) is 0. The molecule has 0 aromatic heterocycles. The van der Waals surface area contributed by atoms with Gasteiger partial charge in [-0.3, -0.25) is 9.59 Å². The van der Waals surface area contributed by atoms with Gasteiger partial charge in [0.05, 0.1) is 0 Å². The maximum Gasteiger partial charge on any atom is 0.333 e. The van der Waals surface area contributed by atoms with Crippen molar-refractivity contribution in [3.05, 3.63) is 0 Å². The Kier molecular flexibility index (Phi) is 4.03. The summed E-state index contributed by atoms with van der Waals surface area (Å²) in [6.45, 7) is 4.42. The van der Waals surface area contributed by atoms with Crippen molar-refractivity contribution in [3.63, 3.8) is 0 Å². The zero-order chi connectivity index (χ0) is 15.3. The zero-order valence-electron chi connectivity index (χ0n) is 11.0. The first kappa shape index (κ1) is 15.9. The smallest absolute Gasteiger partial charge is 0.333 e. The lowest BCUT2D eigenvalue weighted by Crippen LogP contribution is -2.68. The first-order chi connectivity index (χ1) is 9.09. The number of rotatable bonds is 3. The van der Waals surface area contributed by atoms with Gasteiger partial charge in [-0.1, -0.05) is 27.5 Å². The Morgan fingerprint density at radius 3 is 2.60 bits per heavy atom. The Hall–Kier alpha value is -0.470. The van der Waals surface area contributed by atoms with Crippen LogP contribution in [0, 0.1) is 0 Å². The van der Waals surface area contributed by atoms with E-state index >= 15 is 0 Å². The topological polar surface area (TPSA) is 72.9 Å². The van der Waals surface area contributed by atoms with Crippen molar-refractivity contribution in [2.75, 3.05) is 6.79 Å². The molecule has 9 heteroatoms. The van der Waals surface area contributed by atoms with Gasteiger partial charge in [-0.05, 0) is 13.8 Å². The normalized spacial score (nSPS) is 34.2. The first-order valence-corrected chi connectivity index (χ1v) is 7.82. The van der Waals surface area contributed by atoms with E-state index in [-0.39, 0.29) is 11.3 Å². The number of amides is 1. The molecule has 20 heavy (non-hydrogen) atoms. The summed E-state index contributed by atoms with van der Waals surface area (Å²) < 4.78 is 7.74. The lowest BCUT2D eigenvalue weighted by molar-refractivity contribution is -0.174. The predicted octanol–water partition coefficient (Wildman–Crippen LogP) is 1.44. The number of thioether (sulfide) groups is 1. The van der Waals surface area contributed by atoms with E-state index in [1.807, 2.05) is 13.8 Å². The van der Waals surface area contributed by atoms with Gasteiger partial charge >= 0.3 is 11.9 Å². The molecule has 112 valence electrons. The Bertz CT molecular complexity index is 483. The highest BCUT2D eigenvalue weighted by Crippen LogP contribution is 2.59. The third-order valence-electron chi connectivity index (χ3n) is 3.12. The molecule has 0 aromatic carbocycles. The monoisotopic (exact) mass is 385 g/mol. The highest BCUT2D eigenvalue weighted by Gasteiger charge is 2.70. The van der Waals surface area contributed by atoms with Gasteiger partial charge in [0, 0.05) is 11.7 Å². The molecular weight excluding hydrogens is 374 g/mol. The molecule has 0 saturated carbocycles. The second-order valence-corrected chi connectivity index (χ2v) is 9.07. The standard InChI is InChI=1S/C11H13BrClNO5S/c1-5(15)18-4-19-7(16)6-10(2,3)20-9-11(12,13)8(17)14(6)9/h6,9H,4H2,1-3H3/t6-,9+,11?/m0/s1. The van der Waals surface area contributed by atoms with Crippen molar-refractivity contribution >= 4 is 57.1 Å². The van der Waals surface area contributed by atoms with Crippen LogP contribution in [-0.4, -0.2) is 49.5 Å². The zero-order valence-corrected chi connectivity index (χ0v) is 14.2. The lowest BCUT2D eigenvalue weighted by Gasteiger charge is -2.46. The van der Waals surface area contributed by atoms with Crippen molar-refractivity contribution in [3.8, 4) is 0 Å². The van der Waals surface area contributed by atoms with Crippen LogP contribution in [0.15, 0.2) is 0 Å². The Labute approximate surface area is 133 Å². The second-order valence-electron chi connectivity index (χ2n) is 5.03. The number of halogens is 2. The second kappa shape index (κ2) is 5.06. The molecule has 2 rings (SSSR count). The molecule has 2 fully saturated rings. The summed E-state index contributed by atoms with van der Waals surface area (Å²) in [5, 5.41) is -0.335. The summed E-state index contributed by atoms with van der Waals surface area (Å²) in [4.78, 5) is 36.1. The molecule has 3 atom stereocenters. The number of alkyl halides is 2. The predicted molar refractivity (Wildman–Crippen MR) is 76.3 cm³/mol. The molecule has 0 radical (unpaired) electrons. The van der Waals surface area contributed by atoms with Crippen LogP contribution in [0.2, 0.25) is 0 Å². The van der Waals surface area contributed by atoms with Crippen molar-refractivity contribution in [2.45, 2.75) is 40.7 Å². The van der Waals surface area contributed by atoms with E-state index in [0.29, 0.717) is 0 Å². The average Bonchev–Trinajstić information content (AvgIpc) is 2.58. The summed E-state index contributed by atoms with van der Waals surface area (Å²) >= 11 is 10.7. The van der Waals surface area contributed by atoms with Crippen LogP contribution in [0.5, 0.6) is 0 Å². The van der Waals surface area contributed by atoms with Crippen LogP contribution < -0.4 is 0 Å². The molecule has 0 aromatic rings. The third-order valence-corrected chi connectivity index (χ3v) is 6.33. The number of ether oxygens (including phenoxy) is 2. The van der Waals surface area contributed by atoms with Gasteiger partial charge in [0.15, 0.2) is 0 Å². The highest BCUT2D eigenvalue weighted by molar-refractivity contribution is 9.11. The van der Waals surface area contributed by atoms with Crippen molar-refractivity contribution in [1.82, 2.24) is 4.90 Å². The molecule has 0 aliphatic carbocycles. The van der Waals surface area contributed by atoms with Gasteiger partial charge in [0.2, 0.25) is 10.6 Å². The molecule has 0 spiro atoms. The highest BCUT2D eigenvalue weighted by atomic mass is 79.9. The van der Waals surface area contributed by atoms with E-state index in [9.17, 15) is 14.4 Å². The SMILES string of the molecule is CC(=O)OCOC(=O)[C@@H]1N2C(=O)C(Cl)(Br)[C@H]2SC1(C)C. The average molecular weight is 387 g/mol. The summed E-state index contributed by atoms with van der Waals surface area (Å²) in [5.41, 5.74) is 0.